The van der Waals surface area contributed by atoms with Crippen LogP contribution in [0.15, 0.2) is 54.6 Å². The van der Waals surface area contributed by atoms with Crippen molar-refractivity contribution in [2.24, 2.45) is 11.7 Å². The van der Waals surface area contributed by atoms with Crippen LogP contribution in [0.3, 0.4) is 0 Å². The van der Waals surface area contributed by atoms with E-state index in [1.807, 2.05) is 12.3 Å². The van der Waals surface area contributed by atoms with Crippen molar-refractivity contribution in [2.45, 2.75) is 76.3 Å². The van der Waals surface area contributed by atoms with E-state index >= 15 is 0 Å². The summed E-state index contributed by atoms with van der Waals surface area (Å²) in [6.45, 7) is 4.65. The van der Waals surface area contributed by atoms with Crippen molar-refractivity contribution in [3.63, 3.8) is 0 Å². The standard InChI is InChI=1S/C36H47N7O8S/c1-20(2)31-36(50)43-18-24(39-33(47)23-10-12-25(13-11-23)51-19-29(37)44)16-28(43)35(49)38-21(3)32(46)41-27(22-8-6-5-7-9-22)17-30(45)40-26(14-15-52-4)34(48)42-31/h5-13,20-21,24,26-28,31H,14-19H2,1-4H3,(H2,37,44)(H,38,49)(H,39,47)(H,40,45)(H,41,46)(H,42,48)/t21-,24-,26-,27-,28-,31-/m0/s1. The lowest BCUT2D eigenvalue weighted by Gasteiger charge is -2.32. The second-order valence-corrected chi connectivity index (χ2v) is 14.2. The SMILES string of the molecule is CSCC[C@@H]1NC(=O)C[C@@H](c2ccccc2)NC(=O)[C@H](C)NC(=O)[C@@H]2C[C@H](NC(=O)c3ccc(OCC(N)=O)cc3)CN2C(=O)[C@H](C(C)C)NC1=O. The zero-order valence-electron chi connectivity index (χ0n) is 29.7. The highest BCUT2D eigenvalue weighted by Crippen LogP contribution is 2.23. The smallest absolute Gasteiger partial charge is 0.255 e. The van der Waals surface area contributed by atoms with Gasteiger partial charge >= 0.3 is 0 Å². The van der Waals surface area contributed by atoms with Gasteiger partial charge in [-0.05, 0) is 67.5 Å². The summed E-state index contributed by atoms with van der Waals surface area (Å²) in [7, 11) is 0. The van der Waals surface area contributed by atoms with E-state index in [4.69, 9.17) is 10.5 Å². The molecule has 0 aliphatic carbocycles. The van der Waals surface area contributed by atoms with Gasteiger partial charge in [-0.25, -0.2) is 0 Å². The molecule has 2 aliphatic heterocycles. The quantitative estimate of drug-likeness (QED) is 0.199. The van der Waals surface area contributed by atoms with Gasteiger partial charge in [0.15, 0.2) is 6.61 Å². The van der Waals surface area contributed by atoms with Crippen LogP contribution in [-0.4, -0.2) is 102 Å². The van der Waals surface area contributed by atoms with Crippen molar-refractivity contribution in [3.8, 4) is 5.75 Å². The Hall–Kier alpha value is -5.12. The first-order valence-corrected chi connectivity index (χ1v) is 18.5. The number of benzene rings is 2. The minimum absolute atomic E-state index is 0.0370. The number of fused-ring (bicyclic) bond motifs is 1. The molecule has 0 saturated carbocycles. The lowest BCUT2D eigenvalue weighted by molar-refractivity contribution is -0.143. The average molecular weight is 738 g/mol. The van der Waals surface area contributed by atoms with Crippen molar-refractivity contribution in [2.75, 3.05) is 25.2 Å². The van der Waals surface area contributed by atoms with Crippen LogP contribution in [0.4, 0.5) is 0 Å². The van der Waals surface area contributed by atoms with E-state index in [-0.39, 0.29) is 38.0 Å². The van der Waals surface area contributed by atoms with E-state index in [0.717, 1.165) is 0 Å². The summed E-state index contributed by atoms with van der Waals surface area (Å²) in [5.41, 5.74) is 6.05. The Bertz CT molecular complexity index is 1620. The monoisotopic (exact) mass is 737 g/mol. The summed E-state index contributed by atoms with van der Waals surface area (Å²) < 4.78 is 5.25. The number of carbonyl (C=O) groups is 7. The van der Waals surface area contributed by atoms with Crippen LogP contribution in [0.1, 0.15) is 62.0 Å². The Morgan fingerprint density at radius 3 is 2.27 bits per heavy atom. The van der Waals surface area contributed by atoms with Gasteiger partial charge in [-0.2, -0.15) is 11.8 Å². The average Bonchev–Trinajstić information content (AvgIpc) is 3.54. The molecule has 0 radical (unpaired) electrons. The van der Waals surface area contributed by atoms with Gasteiger partial charge < -0.3 is 42.0 Å². The number of hydrogen-bond donors (Lipinski definition) is 6. The van der Waals surface area contributed by atoms with Crippen molar-refractivity contribution < 1.29 is 38.3 Å². The lowest BCUT2D eigenvalue weighted by atomic mass is 10.0. The number of hydrogen-bond acceptors (Lipinski definition) is 9. The molecule has 16 heteroatoms. The first kappa shape index (κ1) is 39.7. The van der Waals surface area contributed by atoms with Crippen LogP contribution in [-0.2, 0) is 28.8 Å². The number of carbonyl (C=O) groups excluding carboxylic acids is 7. The number of primary amides is 1. The maximum atomic E-state index is 14.2. The molecule has 15 nitrogen and oxygen atoms in total. The van der Waals surface area contributed by atoms with E-state index in [9.17, 15) is 33.6 Å². The Balaban J connectivity index is 1.63. The Kier molecular flexibility index (Phi) is 14.0. The molecule has 2 saturated heterocycles. The van der Waals surface area contributed by atoms with Crippen molar-refractivity contribution in [1.82, 2.24) is 31.5 Å². The molecule has 2 aliphatic rings. The van der Waals surface area contributed by atoms with Crippen LogP contribution in [0.2, 0.25) is 0 Å². The number of amides is 7. The van der Waals surface area contributed by atoms with Crippen LogP contribution in [0.5, 0.6) is 5.75 Å². The number of thioether (sulfide) groups is 1. The molecule has 0 spiro atoms. The predicted octanol–water partition coefficient (Wildman–Crippen LogP) is 0.395. The Labute approximate surface area is 306 Å². The molecule has 0 unspecified atom stereocenters. The molecule has 2 heterocycles. The molecule has 0 bridgehead atoms. The molecule has 4 rings (SSSR count). The van der Waals surface area contributed by atoms with Crippen LogP contribution >= 0.6 is 11.8 Å². The molecule has 6 atom stereocenters. The molecular weight excluding hydrogens is 691 g/mol. The van der Waals surface area contributed by atoms with Gasteiger partial charge in [-0.1, -0.05) is 44.2 Å². The van der Waals surface area contributed by atoms with Crippen molar-refractivity contribution in [1.29, 1.82) is 0 Å². The maximum absolute atomic E-state index is 14.2. The fourth-order valence-electron chi connectivity index (χ4n) is 6.06. The normalized spacial score (nSPS) is 24.6. The van der Waals surface area contributed by atoms with Gasteiger partial charge in [0.2, 0.25) is 29.5 Å². The summed E-state index contributed by atoms with van der Waals surface area (Å²) in [6, 6.07) is 9.33. The molecule has 2 fully saturated rings. The summed E-state index contributed by atoms with van der Waals surface area (Å²) in [5.74, 6) is -3.38. The predicted molar refractivity (Wildman–Crippen MR) is 194 cm³/mol. The second kappa shape index (κ2) is 18.4. The summed E-state index contributed by atoms with van der Waals surface area (Å²) in [6.07, 6.45) is 2.03. The van der Waals surface area contributed by atoms with E-state index in [2.05, 4.69) is 26.6 Å². The fourth-order valence-corrected chi connectivity index (χ4v) is 6.53. The molecular formula is C36H47N7O8S. The van der Waals surface area contributed by atoms with E-state index < -0.39 is 83.5 Å². The van der Waals surface area contributed by atoms with E-state index in [1.165, 1.54) is 47.9 Å². The number of rotatable bonds is 10. The van der Waals surface area contributed by atoms with Gasteiger partial charge in [0.25, 0.3) is 11.8 Å². The molecule has 7 N–H and O–H groups in total. The van der Waals surface area contributed by atoms with E-state index in [1.54, 1.807) is 38.1 Å². The first-order valence-electron chi connectivity index (χ1n) is 17.1. The van der Waals surface area contributed by atoms with Gasteiger partial charge in [-0.15, -0.1) is 0 Å². The minimum atomic E-state index is -1.08. The molecule has 2 aromatic rings. The topological polar surface area (TPSA) is 218 Å². The second-order valence-electron chi connectivity index (χ2n) is 13.2. The third-order valence-corrected chi connectivity index (χ3v) is 9.52. The third-order valence-electron chi connectivity index (χ3n) is 8.87. The zero-order valence-corrected chi connectivity index (χ0v) is 30.5. The van der Waals surface area contributed by atoms with Gasteiger partial charge in [0, 0.05) is 18.2 Å². The van der Waals surface area contributed by atoms with Crippen molar-refractivity contribution >= 4 is 53.1 Å². The van der Waals surface area contributed by atoms with Crippen molar-refractivity contribution in [3.05, 3.63) is 65.7 Å². The fraction of sp³-hybridized carbons (Fsp3) is 0.472. The molecule has 280 valence electrons. The molecule has 52 heavy (non-hydrogen) atoms. The van der Waals surface area contributed by atoms with E-state index in [0.29, 0.717) is 17.1 Å². The third kappa shape index (κ3) is 10.7. The highest BCUT2D eigenvalue weighted by Gasteiger charge is 2.44. The molecule has 2 aromatic carbocycles. The number of nitrogens with one attached hydrogen (secondary N) is 5. The number of ether oxygens (including phenoxy) is 1. The van der Waals surface area contributed by atoms with Crippen LogP contribution in [0, 0.1) is 5.92 Å². The highest BCUT2D eigenvalue weighted by atomic mass is 32.2. The molecule has 0 aromatic heterocycles. The Morgan fingerprint density at radius 2 is 1.63 bits per heavy atom. The minimum Gasteiger partial charge on any atom is -0.484 e. The zero-order chi connectivity index (χ0) is 37.9. The maximum Gasteiger partial charge on any atom is 0.255 e. The molecule has 7 amide bonds. The lowest BCUT2D eigenvalue weighted by Crippen LogP contribution is -2.59. The number of nitrogens with two attached hydrogens (primary N) is 1. The summed E-state index contributed by atoms with van der Waals surface area (Å²) in [5, 5.41) is 14.1. The van der Waals surface area contributed by atoms with Gasteiger partial charge in [-0.3, -0.25) is 33.6 Å². The Morgan fingerprint density at radius 1 is 0.942 bits per heavy atom. The first-order chi connectivity index (χ1) is 24.8. The largest absolute Gasteiger partial charge is 0.484 e. The number of nitrogens with zero attached hydrogens (tertiary/aromatic N) is 1. The van der Waals surface area contributed by atoms with Crippen LogP contribution < -0.4 is 37.1 Å². The highest BCUT2D eigenvalue weighted by molar-refractivity contribution is 7.98. The van der Waals surface area contributed by atoms with Crippen LogP contribution in [0.25, 0.3) is 0 Å². The van der Waals surface area contributed by atoms with Gasteiger partial charge in [0.05, 0.1) is 12.5 Å². The van der Waals surface area contributed by atoms with Gasteiger partial charge in [0.1, 0.15) is 29.9 Å². The summed E-state index contributed by atoms with van der Waals surface area (Å²) in [4.78, 5) is 94.3. The summed E-state index contributed by atoms with van der Waals surface area (Å²) >= 11 is 1.50.